The van der Waals surface area contributed by atoms with E-state index in [-0.39, 0.29) is 0 Å². The Labute approximate surface area is 185 Å². The molecule has 0 atom stereocenters. The molecule has 1 aliphatic rings. The highest BCUT2D eigenvalue weighted by Crippen LogP contribution is 2.30. The number of anilines is 1. The molecule has 156 valence electrons. The molecule has 2 aromatic heterocycles. The van der Waals surface area contributed by atoms with Gasteiger partial charge in [-0.1, -0.05) is 36.9 Å². The third-order valence-corrected chi connectivity index (χ3v) is 6.27. The van der Waals surface area contributed by atoms with Gasteiger partial charge in [-0.25, -0.2) is 4.98 Å². The van der Waals surface area contributed by atoms with Gasteiger partial charge in [0.05, 0.1) is 23.0 Å². The van der Waals surface area contributed by atoms with E-state index in [1.807, 2.05) is 18.2 Å². The summed E-state index contributed by atoms with van der Waals surface area (Å²) < 4.78 is 8.05. The first kappa shape index (κ1) is 20.8. The number of benzene rings is 1. The SMILES string of the molecule is C=C/C(=C\c1ccccc1C)c1cnn2c(N)c(Br)c(CN3CCCOCC3)nc12. The lowest BCUT2D eigenvalue weighted by atomic mass is 10.0. The maximum atomic E-state index is 6.41. The van der Waals surface area contributed by atoms with Crippen molar-refractivity contribution in [3.05, 3.63) is 70.0 Å². The first-order chi connectivity index (χ1) is 14.6. The Balaban J connectivity index is 1.77. The number of fused-ring (bicyclic) bond motifs is 1. The lowest BCUT2D eigenvalue weighted by Crippen LogP contribution is -2.27. The Morgan fingerprint density at radius 1 is 1.30 bits per heavy atom. The third kappa shape index (κ3) is 4.19. The van der Waals surface area contributed by atoms with Crippen LogP contribution in [0.2, 0.25) is 0 Å². The number of ether oxygens (including phenoxy) is 1. The van der Waals surface area contributed by atoms with Gasteiger partial charge in [0.1, 0.15) is 5.82 Å². The summed E-state index contributed by atoms with van der Waals surface area (Å²) in [5.41, 5.74) is 12.3. The van der Waals surface area contributed by atoms with E-state index in [2.05, 4.69) is 57.6 Å². The van der Waals surface area contributed by atoms with Gasteiger partial charge >= 0.3 is 0 Å². The molecule has 0 amide bonds. The Morgan fingerprint density at radius 3 is 2.93 bits per heavy atom. The molecule has 0 spiro atoms. The van der Waals surface area contributed by atoms with E-state index in [1.165, 1.54) is 5.56 Å². The predicted molar refractivity (Wildman–Crippen MR) is 125 cm³/mol. The number of halogens is 1. The fourth-order valence-electron chi connectivity index (χ4n) is 3.68. The van der Waals surface area contributed by atoms with Crippen molar-refractivity contribution in [3.63, 3.8) is 0 Å². The van der Waals surface area contributed by atoms with Gasteiger partial charge in [0.2, 0.25) is 0 Å². The molecule has 0 aliphatic carbocycles. The summed E-state index contributed by atoms with van der Waals surface area (Å²) in [6, 6.07) is 8.26. The zero-order valence-electron chi connectivity index (χ0n) is 17.1. The minimum absolute atomic E-state index is 0.548. The quantitative estimate of drug-likeness (QED) is 0.565. The van der Waals surface area contributed by atoms with Crippen LogP contribution in [0.4, 0.5) is 5.82 Å². The number of nitrogen functional groups attached to an aromatic ring is 1. The molecule has 0 bridgehead atoms. The van der Waals surface area contributed by atoms with Crippen LogP contribution in [0, 0.1) is 6.92 Å². The predicted octanol–water partition coefficient (Wildman–Crippen LogP) is 4.33. The smallest absolute Gasteiger partial charge is 0.165 e. The molecular formula is C23H26BrN5O. The van der Waals surface area contributed by atoms with Crippen molar-refractivity contribution in [1.82, 2.24) is 19.5 Å². The van der Waals surface area contributed by atoms with E-state index in [0.29, 0.717) is 12.4 Å². The fraction of sp³-hybridized carbons (Fsp3) is 0.304. The monoisotopic (exact) mass is 467 g/mol. The van der Waals surface area contributed by atoms with Crippen molar-refractivity contribution in [3.8, 4) is 0 Å². The highest BCUT2D eigenvalue weighted by atomic mass is 79.9. The number of nitrogens with zero attached hydrogens (tertiary/aromatic N) is 4. The number of nitrogens with two attached hydrogens (primary N) is 1. The molecule has 6 nitrogen and oxygen atoms in total. The van der Waals surface area contributed by atoms with Gasteiger partial charge in [-0.05, 0) is 52.1 Å². The van der Waals surface area contributed by atoms with Crippen molar-refractivity contribution in [2.75, 3.05) is 32.0 Å². The third-order valence-electron chi connectivity index (χ3n) is 5.41. The van der Waals surface area contributed by atoms with E-state index < -0.39 is 0 Å². The second-order valence-corrected chi connectivity index (χ2v) is 8.25. The van der Waals surface area contributed by atoms with Crippen LogP contribution in [0.5, 0.6) is 0 Å². The highest BCUT2D eigenvalue weighted by Gasteiger charge is 2.19. The van der Waals surface area contributed by atoms with Crippen LogP contribution in [-0.4, -0.2) is 45.8 Å². The number of allylic oxidation sites excluding steroid dienone is 2. The summed E-state index contributed by atoms with van der Waals surface area (Å²) in [5, 5.41) is 4.49. The molecule has 7 heteroatoms. The molecule has 0 radical (unpaired) electrons. The van der Waals surface area contributed by atoms with Gasteiger partial charge in [-0.3, -0.25) is 4.90 Å². The van der Waals surface area contributed by atoms with Crippen LogP contribution in [0.1, 0.15) is 28.8 Å². The normalized spacial score (nSPS) is 16.0. The van der Waals surface area contributed by atoms with Crippen LogP contribution in [0.3, 0.4) is 0 Å². The molecule has 1 saturated heterocycles. The Bertz CT molecular complexity index is 1100. The van der Waals surface area contributed by atoms with Gasteiger partial charge in [0.15, 0.2) is 5.65 Å². The Morgan fingerprint density at radius 2 is 2.13 bits per heavy atom. The van der Waals surface area contributed by atoms with Crippen molar-refractivity contribution in [2.24, 2.45) is 0 Å². The molecule has 3 heterocycles. The first-order valence-corrected chi connectivity index (χ1v) is 10.9. The number of aryl methyl sites for hydroxylation is 1. The van der Waals surface area contributed by atoms with Gasteiger partial charge in [-0.15, -0.1) is 0 Å². The number of rotatable bonds is 5. The van der Waals surface area contributed by atoms with Gasteiger partial charge < -0.3 is 10.5 Å². The van der Waals surface area contributed by atoms with Gasteiger partial charge in [-0.2, -0.15) is 9.61 Å². The minimum atomic E-state index is 0.548. The summed E-state index contributed by atoms with van der Waals surface area (Å²) >= 11 is 3.63. The zero-order chi connectivity index (χ0) is 21.1. The lowest BCUT2D eigenvalue weighted by Gasteiger charge is -2.20. The van der Waals surface area contributed by atoms with Crippen LogP contribution < -0.4 is 5.73 Å². The molecule has 1 aliphatic heterocycles. The zero-order valence-corrected chi connectivity index (χ0v) is 18.7. The van der Waals surface area contributed by atoms with Crippen molar-refractivity contribution in [1.29, 1.82) is 0 Å². The van der Waals surface area contributed by atoms with E-state index in [0.717, 1.165) is 65.2 Å². The molecule has 0 unspecified atom stereocenters. The van der Waals surface area contributed by atoms with Crippen molar-refractivity contribution in [2.45, 2.75) is 19.9 Å². The molecule has 3 aromatic rings. The average Bonchev–Trinajstić information content (AvgIpc) is 2.99. The Hall–Kier alpha value is -2.48. The molecule has 1 fully saturated rings. The average molecular weight is 468 g/mol. The maximum absolute atomic E-state index is 6.41. The topological polar surface area (TPSA) is 68.7 Å². The van der Waals surface area contributed by atoms with Crippen LogP contribution in [0.15, 0.2) is 47.6 Å². The summed E-state index contributed by atoms with van der Waals surface area (Å²) in [6.45, 7) is 10.2. The van der Waals surface area contributed by atoms with Gasteiger partial charge in [0, 0.05) is 31.8 Å². The lowest BCUT2D eigenvalue weighted by molar-refractivity contribution is 0.140. The van der Waals surface area contributed by atoms with Crippen molar-refractivity contribution < 1.29 is 4.74 Å². The summed E-state index contributed by atoms with van der Waals surface area (Å²) in [4.78, 5) is 7.31. The van der Waals surface area contributed by atoms with Gasteiger partial charge in [0.25, 0.3) is 0 Å². The van der Waals surface area contributed by atoms with Crippen LogP contribution in [0.25, 0.3) is 17.3 Å². The standard InChI is InChI=1S/C23H26BrN5O/c1-3-17(13-18-8-5-4-7-16(18)2)19-14-26-29-22(25)21(24)20(27-23(19)29)15-28-9-6-11-30-12-10-28/h3-5,7-8,13-14H,1,6,9-12,15,25H2,2H3/b17-13+. The summed E-state index contributed by atoms with van der Waals surface area (Å²) in [7, 11) is 0. The van der Waals surface area contributed by atoms with E-state index >= 15 is 0 Å². The highest BCUT2D eigenvalue weighted by molar-refractivity contribution is 9.10. The van der Waals surface area contributed by atoms with E-state index in [4.69, 9.17) is 15.5 Å². The Kier molecular flexibility index (Phi) is 6.32. The molecule has 4 rings (SSSR count). The second kappa shape index (κ2) is 9.12. The van der Waals surface area contributed by atoms with Crippen molar-refractivity contribution >= 4 is 39.0 Å². The molecule has 1 aromatic carbocycles. The minimum Gasteiger partial charge on any atom is -0.383 e. The number of hydrogen-bond acceptors (Lipinski definition) is 5. The van der Waals surface area contributed by atoms with Crippen LogP contribution in [-0.2, 0) is 11.3 Å². The molecule has 2 N–H and O–H groups in total. The first-order valence-electron chi connectivity index (χ1n) is 10.1. The largest absolute Gasteiger partial charge is 0.383 e. The van der Waals surface area contributed by atoms with E-state index in [9.17, 15) is 0 Å². The fourth-order valence-corrected chi connectivity index (χ4v) is 4.06. The summed E-state index contributed by atoms with van der Waals surface area (Å²) in [6.07, 6.45) is 6.79. The maximum Gasteiger partial charge on any atom is 0.165 e. The molecular weight excluding hydrogens is 442 g/mol. The van der Waals surface area contributed by atoms with Crippen LogP contribution >= 0.6 is 15.9 Å². The number of aromatic nitrogens is 3. The second-order valence-electron chi connectivity index (χ2n) is 7.45. The molecule has 0 saturated carbocycles. The van der Waals surface area contributed by atoms with E-state index in [1.54, 1.807) is 10.7 Å². The summed E-state index contributed by atoms with van der Waals surface area (Å²) in [5.74, 6) is 0.548. The number of hydrogen-bond donors (Lipinski definition) is 1. The molecule has 30 heavy (non-hydrogen) atoms.